The van der Waals surface area contributed by atoms with Gasteiger partial charge in [-0.15, -0.1) is 11.8 Å². The Morgan fingerprint density at radius 2 is 2.11 bits per heavy atom. The number of likely N-dealkylation sites (N-methyl/N-ethyl adjacent to an activating group) is 1. The van der Waals surface area contributed by atoms with Crippen molar-refractivity contribution in [2.75, 3.05) is 43.4 Å². The molecular formula is C20H29N5O2S. The van der Waals surface area contributed by atoms with Crippen LogP contribution in [0, 0.1) is 0 Å². The predicted molar refractivity (Wildman–Crippen MR) is 111 cm³/mol. The van der Waals surface area contributed by atoms with Gasteiger partial charge in [-0.1, -0.05) is 13.0 Å². The molecule has 1 aromatic rings. The molecule has 3 fully saturated rings. The van der Waals surface area contributed by atoms with Crippen LogP contribution in [0.2, 0.25) is 0 Å². The maximum atomic E-state index is 12.7. The van der Waals surface area contributed by atoms with E-state index in [4.69, 9.17) is 0 Å². The van der Waals surface area contributed by atoms with Gasteiger partial charge < -0.3 is 20.0 Å². The van der Waals surface area contributed by atoms with Gasteiger partial charge in [-0.2, -0.15) is 0 Å². The third kappa shape index (κ3) is 3.72. The second kappa shape index (κ2) is 7.91. The normalized spacial score (nSPS) is 27.9. The number of piperazine rings is 1. The summed E-state index contributed by atoms with van der Waals surface area (Å²) in [5, 5.41) is 3.00. The summed E-state index contributed by atoms with van der Waals surface area (Å²) in [6.07, 6.45) is 3.22. The molecule has 0 aliphatic carbocycles. The van der Waals surface area contributed by atoms with Gasteiger partial charge in [-0.05, 0) is 31.5 Å². The average molecular weight is 404 g/mol. The zero-order valence-corrected chi connectivity index (χ0v) is 17.5. The molecule has 1 N–H and O–H groups in total. The molecule has 3 aliphatic rings. The number of amides is 2. The monoisotopic (exact) mass is 403 g/mol. The minimum atomic E-state index is -0.355. The summed E-state index contributed by atoms with van der Waals surface area (Å²) in [5.41, 5.74) is 0.977. The fraction of sp³-hybridized carbons (Fsp3) is 0.650. The fourth-order valence-electron chi connectivity index (χ4n) is 4.32. The van der Waals surface area contributed by atoms with E-state index in [0.717, 1.165) is 50.5 Å². The van der Waals surface area contributed by atoms with Crippen LogP contribution in [0.1, 0.15) is 32.3 Å². The first-order valence-electron chi connectivity index (χ1n) is 10.2. The highest BCUT2D eigenvalue weighted by Crippen LogP contribution is 2.47. The largest absolute Gasteiger partial charge is 0.354 e. The Hall–Kier alpha value is -1.80. The highest BCUT2D eigenvalue weighted by molar-refractivity contribution is 8.01. The van der Waals surface area contributed by atoms with Crippen LogP contribution in [0.25, 0.3) is 0 Å². The zero-order chi connectivity index (χ0) is 19.7. The minimum absolute atomic E-state index is 0.0637. The van der Waals surface area contributed by atoms with Crippen molar-refractivity contribution < 1.29 is 9.59 Å². The molecule has 3 saturated heterocycles. The van der Waals surface area contributed by atoms with E-state index in [9.17, 15) is 9.59 Å². The molecular weight excluding hydrogens is 374 g/mol. The topological polar surface area (TPSA) is 68.8 Å². The van der Waals surface area contributed by atoms with Gasteiger partial charge in [0.2, 0.25) is 11.8 Å². The van der Waals surface area contributed by atoms with E-state index in [0.29, 0.717) is 18.7 Å². The maximum absolute atomic E-state index is 12.7. The number of nitrogens with one attached hydrogen (secondary N) is 1. The van der Waals surface area contributed by atoms with Gasteiger partial charge in [0.1, 0.15) is 11.9 Å². The van der Waals surface area contributed by atoms with E-state index < -0.39 is 0 Å². The Kier molecular flexibility index (Phi) is 5.51. The van der Waals surface area contributed by atoms with E-state index >= 15 is 0 Å². The standard InChI is InChI=1S/C20H29N5O2S/c1-3-23-8-10-24(11-9-23)17-5-4-15(12-21-17)13-22-19(27)16-14-28-20(2)7-6-18(26)25(16)20/h4-5,12,16H,3,6-11,13-14H2,1-2H3,(H,22,27)/t16-,20-/m1/s1. The lowest BCUT2D eigenvalue weighted by Crippen LogP contribution is -2.49. The summed E-state index contributed by atoms with van der Waals surface area (Å²) < 4.78 is 0. The average Bonchev–Trinajstić information content (AvgIpc) is 3.22. The highest BCUT2D eigenvalue weighted by atomic mass is 32.2. The van der Waals surface area contributed by atoms with Gasteiger partial charge >= 0.3 is 0 Å². The lowest BCUT2D eigenvalue weighted by Gasteiger charge is -2.34. The molecule has 0 bridgehead atoms. The van der Waals surface area contributed by atoms with Crippen LogP contribution >= 0.6 is 11.8 Å². The van der Waals surface area contributed by atoms with Crippen molar-refractivity contribution in [3.8, 4) is 0 Å². The van der Waals surface area contributed by atoms with Crippen molar-refractivity contribution in [3.63, 3.8) is 0 Å². The molecule has 7 nitrogen and oxygen atoms in total. The number of fused-ring (bicyclic) bond motifs is 1. The quantitative estimate of drug-likeness (QED) is 0.799. The Balaban J connectivity index is 1.31. The van der Waals surface area contributed by atoms with Crippen molar-refractivity contribution in [2.45, 2.75) is 44.1 Å². The fourth-order valence-corrected chi connectivity index (χ4v) is 5.76. The molecule has 0 spiro atoms. The molecule has 2 atom stereocenters. The predicted octanol–water partition coefficient (Wildman–Crippen LogP) is 1.29. The summed E-state index contributed by atoms with van der Waals surface area (Å²) in [5.74, 6) is 1.71. The summed E-state index contributed by atoms with van der Waals surface area (Å²) in [6, 6.07) is 3.71. The molecule has 8 heteroatoms. The molecule has 0 saturated carbocycles. The lowest BCUT2D eigenvalue weighted by atomic mass is 10.2. The molecule has 0 radical (unpaired) electrons. The zero-order valence-electron chi connectivity index (χ0n) is 16.7. The van der Waals surface area contributed by atoms with Crippen LogP contribution in [-0.2, 0) is 16.1 Å². The number of nitrogens with zero attached hydrogens (tertiary/aromatic N) is 4. The van der Waals surface area contributed by atoms with Gasteiger partial charge in [-0.25, -0.2) is 4.98 Å². The summed E-state index contributed by atoms with van der Waals surface area (Å²) in [7, 11) is 0. The number of hydrogen-bond donors (Lipinski definition) is 1. The molecule has 4 heterocycles. The SMILES string of the molecule is CCN1CCN(c2ccc(CNC(=O)[C@H]3CS[C@]4(C)CCC(=O)N34)cn2)CC1. The number of rotatable bonds is 5. The number of carbonyl (C=O) groups is 2. The van der Waals surface area contributed by atoms with Gasteiger partial charge in [0.15, 0.2) is 0 Å². The smallest absolute Gasteiger partial charge is 0.243 e. The number of hydrogen-bond acceptors (Lipinski definition) is 6. The first-order chi connectivity index (χ1) is 13.5. The van der Waals surface area contributed by atoms with Crippen molar-refractivity contribution in [3.05, 3.63) is 23.9 Å². The first kappa shape index (κ1) is 19.5. The molecule has 4 rings (SSSR count). The van der Waals surface area contributed by atoms with E-state index in [1.165, 1.54) is 0 Å². The van der Waals surface area contributed by atoms with Crippen molar-refractivity contribution in [1.82, 2.24) is 20.1 Å². The number of pyridine rings is 1. The van der Waals surface area contributed by atoms with Crippen LogP contribution in [-0.4, -0.2) is 76.0 Å². The van der Waals surface area contributed by atoms with E-state index in [2.05, 4.69) is 33.9 Å². The third-order valence-corrected chi connectivity index (χ3v) is 7.67. The molecule has 28 heavy (non-hydrogen) atoms. The lowest BCUT2D eigenvalue weighted by molar-refractivity contribution is -0.138. The molecule has 1 aromatic heterocycles. The number of thioether (sulfide) groups is 1. The number of aromatic nitrogens is 1. The molecule has 3 aliphatic heterocycles. The molecule has 152 valence electrons. The summed E-state index contributed by atoms with van der Waals surface area (Å²) in [4.78, 5) is 35.8. The van der Waals surface area contributed by atoms with Crippen LogP contribution in [0.3, 0.4) is 0 Å². The van der Waals surface area contributed by atoms with Crippen LogP contribution in [0.5, 0.6) is 0 Å². The van der Waals surface area contributed by atoms with E-state index in [-0.39, 0.29) is 22.7 Å². The number of anilines is 1. The van der Waals surface area contributed by atoms with Crippen molar-refractivity contribution in [1.29, 1.82) is 0 Å². The van der Waals surface area contributed by atoms with E-state index in [1.807, 2.05) is 18.3 Å². The Morgan fingerprint density at radius 3 is 2.79 bits per heavy atom. The maximum Gasteiger partial charge on any atom is 0.243 e. The van der Waals surface area contributed by atoms with E-state index in [1.54, 1.807) is 16.7 Å². The Bertz CT molecular complexity index is 735. The second-order valence-electron chi connectivity index (χ2n) is 7.93. The van der Waals surface area contributed by atoms with Gasteiger partial charge in [0.05, 0.1) is 4.87 Å². The minimum Gasteiger partial charge on any atom is -0.354 e. The Morgan fingerprint density at radius 1 is 1.32 bits per heavy atom. The van der Waals surface area contributed by atoms with Gasteiger partial charge in [0, 0.05) is 51.1 Å². The highest BCUT2D eigenvalue weighted by Gasteiger charge is 2.52. The van der Waals surface area contributed by atoms with Crippen molar-refractivity contribution in [2.24, 2.45) is 0 Å². The van der Waals surface area contributed by atoms with Gasteiger partial charge in [0.25, 0.3) is 0 Å². The van der Waals surface area contributed by atoms with Gasteiger partial charge in [-0.3, -0.25) is 9.59 Å². The summed E-state index contributed by atoms with van der Waals surface area (Å²) in [6.45, 7) is 9.95. The summed E-state index contributed by atoms with van der Waals surface area (Å²) >= 11 is 1.72. The number of carbonyl (C=O) groups excluding carboxylic acids is 2. The van der Waals surface area contributed by atoms with Crippen LogP contribution in [0.4, 0.5) is 5.82 Å². The third-order valence-electron chi connectivity index (χ3n) is 6.17. The van der Waals surface area contributed by atoms with Crippen molar-refractivity contribution >= 4 is 29.4 Å². The van der Waals surface area contributed by atoms with Crippen LogP contribution in [0.15, 0.2) is 18.3 Å². The molecule has 2 amide bonds. The Labute approximate surface area is 170 Å². The second-order valence-corrected chi connectivity index (χ2v) is 9.43. The van der Waals surface area contributed by atoms with Crippen LogP contribution < -0.4 is 10.2 Å². The molecule has 0 aromatic carbocycles. The molecule has 0 unspecified atom stereocenters. The first-order valence-corrected chi connectivity index (χ1v) is 11.1.